The Kier molecular flexibility index (Phi) is 4.17. The Hall–Kier alpha value is -2.66. The van der Waals surface area contributed by atoms with Gasteiger partial charge in [0.25, 0.3) is 5.91 Å². The van der Waals surface area contributed by atoms with Gasteiger partial charge in [-0.05, 0) is 68.8 Å². The third-order valence-corrected chi connectivity index (χ3v) is 5.95. The Morgan fingerprint density at radius 2 is 1.74 bits per heavy atom. The lowest BCUT2D eigenvalue weighted by Gasteiger charge is -2.23. The van der Waals surface area contributed by atoms with E-state index in [9.17, 15) is 4.79 Å². The second-order valence-electron chi connectivity index (χ2n) is 7.59. The van der Waals surface area contributed by atoms with Crippen molar-refractivity contribution < 1.29 is 4.79 Å². The molecule has 0 radical (unpaired) electrons. The quantitative estimate of drug-likeness (QED) is 0.719. The number of fused-ring (bicyclic) bond motifs is 1. The van der Waals surface area contributed by atoms with Gasteiger partial charge in [-0.2, -0.15) is 0 Å². The van der Waals surface area contributed by atoms with Crippen molar-refractivity contribution in [1.82, 2.24) is 19.4 Å². The Morgan fingerprint density at radius 3 is 2.56 bits per heavy atom. The van der Waals surface area contributed by atoms with E-state index in [1.54, 1.807) is 0 Å². The van der Waals surface area contributed by atoms with Crippen molar-refractivity contribution in [2.24, 2.45) is 0 Å². The molecule has 0 aliphatic carbocycles. The Morgan fingerprint density at radius 1 is 0.963 bits per heavy atom. The molecular weight excluding hydrogens is 336 g/mol. The third-order valence-electron chi connectivity index (χ3n) is 5.95. The topological polar surface area (TPSA) is 41.4 Å². The van der Waals surface area contributed by atoms with Gasteiger partial charge in [0.15, 0.2) is 0 Å². The number of nitrogens with zero attached hydrogens (tertiary/aromatic N) is 4. The fraction of sp³-hybridized carbons (Fsp3) is 0.364. The molecule has 2 saturated heterocycles. The Bertz CT molecular complexity index is 956. The molecule has 0 N–H and O–H groups in total. The molecule has 2 aliphatic heterocycles. The van der Waals surface area contributed by atoms with Gasteiger partial charge in [0.1, 0.15) is 6.33 Å². The van der Waals surface area contributed by atoms with Crippen molar-refractivity contribution in [3.05, 3.63) is 60.4 Å². The second kappa shape index (κ2) is 6.82. The summed E-state index contributed by atoms with van der Waals surface area (Å²) >= 11 is 0. The number of aromatic nitrogens is 2. The van der Waals surface area contributed by atoms with Gasteiger partial charge in [-0.3, -0.25) is 14.3 Å². The molecule has 138 valence electrons. The molecular formula is C22H24N4O. The Balaban J connectivity index is 1.32. The molecule has 0 unspecified atom stereocenters. The largest absolute Gasteiger partial charge is 0.337 e. The van der Waals surface area contributed by atoms with Crippen molar-refractivity contribution in [2.45, 2.75) is 25.3 Å². The molecule has 0 saturated carbocycles. The molecule has 5 rings (SSSR count). The zero-order valence-electron chi connectivity index (χ0n) is 15.4. The minimum absolute atomic E-state index is 0.152. The van der Waals surface area contributed by atoms with Crippen molar-refractivity contribution in [3.8, 4) is 5.69 Å². The van der Waals surface area contributed by atoms with E-state index in [0.29, 0.717) is 6.04 Å². The van der Waals surface area contributed by atoms with Crippen molar-refractivity contribution >= 4 is 16.9 Å². The summed E-state index contributed by atoms with van der Waals surface area (Å²) in [7, 11) is 0. The number of likely N-dealkylation sites (tertiary alicyclic amines) is 2. The molecule has 3 aromatic rings. The average Bonchev–Trinajstić information content (AvgIpc) is 3.47. The predicted octanol–water partition coefficient (Wildman–Crippen LogP) is 3.34. The number of amides is 1. The number of hydrogen-bond acceptors (Lipinski definition) is 3. The number of hydrogen-bond donors (Lipinski definition) is 0. The maximum absolute atomic E-state index is 12.9. The molecule has 1 amide bonds. The fourth-order valence-corrected chi connectivity index (χ4v) is 4.44. The summed E-state index contributed by atoms with van der Waals surface area (Å²) < 4.78 is 2.06. The lowest BCUT2D eigenvalue weighted by atomic mass is 10.1. The first-order chi connectivity index (χ1) is 13.3. The highest BCUT2D eigenvalue weighted by Gasteiger charge is 2.31. The van der Waals surface area contributed by atoms with E-state index in [1.165, 1.54) is 25.9 Å². The summed E-state index contributed by atoms with van der Waals surface area (Å²) in [5.41, 5.74) is 3.84. The van der Waals surface area contributed by atoms with Gasteiger partial charge < -0.3 is 4.90 Å². The fourth-order valence-electron chi connectivity index (χ4n) is 4.44. The van der Waals surface area contributed by atoms with E-state index in [-0.39, 0.29) is 5.91 Å². The Labute approximate surface area is 159 Å². The van der Waals surface area contributed by atoms with Gasteiger partial charge >= 0.3 is 0 Å². The first kappa shape index (κ1) is 16.5. The molecule has 1 aromatic heterocycles. The zero-order valence-corrected chi connectivity index (χ0v) is 15.4. The standard InChI is InChI=1S/C22H24N4O/c27-22(25-14-11-19(15-25)24-12-3-4-13-24)17-7-9-18(10-8-17)26-16-23-20-5-1-2-6-21(20)26/h1-2,5-10,16,19H,3-4,11-15H2/t19-/m0/s1. The first-order valence-corrected chi connectivity index (χ1v) is 9.85. The van der Waals surface area contributed by atoms with E-state index in [1.807, 2.05) is 53.7 Å². The highest BCUT2D eigenvalue weighted by Crippen LogP contribution is 2.23. The molecule has 5 heteroatoms. The van der Waals surface area contributed by atoms with E-state index >= 15 is 0 Å². The molecule has 27 heavy (non-hydrogen) atoms. The molecule has 0 spiro atoms. The number of carbonyl (C=O) groups excluding carboxylic acids is 1. The van der Waals surface area contributed by atoms with Gasteiger partial charge in [0.05, 0.1) is 11.0 Å². The van der Waals surface area contributed by atoms with Crippen LogP contribution in [0.25, 0.3) is 16.7 Å². The molecule has 1 atom stereocenters. The lowest BCUT2D eigenvalue weighted by molar-refractivity contribution is 0.0780. The highest BCUT2D eigenvalue weighted by molar-refractivity contribution is 5.94. The number of imidazole rings is 1. The summed E-state index contributed by atoms with van der Waals surface area (Å²) in [5.74, 6) is 0.152. The molecule has 2 fully saturated rings. The van der Waals surface area contributed by atoms with Crippen LogP contribution >= 0.6 is 0 Å². The van der Waals surface area contributed by atoms with E-state index in [2.05, 4.69) is 20.5 Å². The van der Waals surface area contributed by atoms with Crippen LogP contribution < -0.4 is 0 Å². The number of rotatable bonds is 3. The highest BCUT2D eigenvalue weighted by atomic mass is 16.2. The van der Waals surface area contributed by atoms with Crippen LogP contribution in [0.3, 0.4) is 0 Å². The summed E-state index contributed by atoms with van der Waals surface area (Å²) in [5, 5.41) is 0. The van der Waals surface area contributed by atoms with Gasteiger partial charge in [0.2, 0.25) is 0 Å². The molecule has 0 bridgehead atoms. The maximum atomic E-state index is 12.9. The molecule has 2 aromatic carbocycles. The summed E-state index contributed by atoms with van der Waals surface area (Å²) in [6.45, 7) is 4.13. The zero-order chi connectivity index (χ0) is 18.2. The predicted molar refractivity (Wildman–Crippen MR) is 106 cm³/mol. The van der Waals surface area contributed by atoms with Gasteiger partial charge in [-0.15, -0.1) is 0 Å². The molecule has 5 nitrogen and oxygen atoms in total. The van der Waals surface area contributed by atoms with Crippen LogP contribution in [0.15, 0.2) is 54.9 Å². The number of carbonyl (C=O) groups is 1. The van der Waals surface area contributed by atoms with Gasteiger partial charge in [-0.25, -0.2) is 4.98 Å². The summed E-state index contributed by atoms with van der Waals surface area (Å²) in [6.07, 6.45) is 5.54. The maximum Gasteiger partial charge on any atom is 0.253 e. The van der Waals surface area contributed by atoms with Crippen LogP contribution in [0.4, 0.5) is 0 Å². The van der Waals surface area contributed by atoms with Gasteiger partial charge in [0, 0.05) is 30.4 Å². The normalized spacial score (nSPS) is 20.6. The SMILES string of the molecule is O=C(c1ccc(-n2cnc3ccccc32)cc1)N1CC[C@H](N2CCCC2)C1. The monoisotopic (exact) mass is 360 g/mol. The van der Waals surface area contributed by atoms with Crippen molar-refractivity contribution in [1.29, 1.82) is 0 Å². The van der Waals surface area contributed by atoms with Gasteiger partial charge in [-0.1, -0.05) is 12.1 Å². The van der Waals surface area contributed by atoms with Crippen LogP contribution in [0.1, 0.15) is 29.6 Å². The van der Waals surface area contributed by atoms with E-state index < -0.39 is 0 Å². The van der Waals surface area contributed by atoms with Crippen LogP contribution in [0.2, 0.25) is 0 Å². The number of para-hydroxylation sites is 2. The third kappa shape index (κ3) is 3.02. The van der Waals surface area contributed by atoms with Crippen LogP contribution in [-0.4, -0.2) is 57.5 Å². The molecule has 3 heterocycles. The summed E-state index contributed by atoms with van der Waals surface area (Å²) in [4.78, 5) is 21.9. The second-order valence-corrected chi connectivity index (χ2v) is 7.59. The smallest absolute Gasteiger partial charge is 0.253 e. The summed E-state index contributed by atoms with van der Waals surface area (Å²) in [6, 6.07) is 16.5. The lowest BCUT2D eigenvalue weighted by Crippen LogP contribution is -2.37. The van der Waals surface area contributed by atoms with Crippen LogP contribution in [-0.2, 0) is 0 Å². The minimum Gasteiger partial charge on any atom is -0.337 e. The van der Waals surface area contributed by atoms with Crippen molar-refractivity contribution in [3.63, 3.8) is 0 Å². The average molecular weight is 360 g/mol. The van der Waals surface area contributed by atoms with Crippen molar-refractivity contribution in [2.75, 3.05) is 26.2 Å². The molecule has 2 aliphatic rings. The van der Waals surface area contributed by atoms with Crippen LogP contribution in [0, 0.1) is 0 Å². The minimum atomic E-state index is 0.152. The van der Waals surface area contributed by atoms with Crippen LogP contribution in [0.5, 0.6) is 0 Å². The van der Waals surface area contributed by atoms with E-state index in [4.69, 9.17) is 0 Å². The number of benzene rings is 2. The van der Waals surface area contributed by atoms with E-state index in [0.717, 1.165) is 41.8 Å². The first-order valence-electron chi connectivity index (χ1n) is 9.85.